The van der Waals surface area contributed by atoms with E-state index in [1.165, 1.54) is 21.5 Å². The average molecular weight is 1020 g/mol. The van der Waals surface area contributed by atoms with Crippen LogP contribution in [0.4, 0.5) is 34.1 Å². The number of hydrogen-bond acceptors (Lipinski definition) is 4. The molecule has 0 fully saturated rings. The van der Waals surface area contributed by atoms with Crippen molar-refractivity contribution in [3.8, 4) is 44.5 Å². The Morgan fingerprint density at radius 1 is 0.212 bits per heavy atom. The fourth-order valence-corrected chi connectivity index (χ4v) is 12.6. The summed E-state index contributed by atoms with van der Waals surface area (Å²) in [5, 5.41) is 11.2. The number of para-hydroxylation sites is 4. The number of fused-ring (bicyclic) bond motifs is 6. The van der Waals surface area contributed by atoms with Gasteiger partial charge in [0.1, 0.15) is 11.2 Å². The first-order valence-electron chi connectivity index (χ1n) is 27.3. The average Bonchev–Trinajstić information content (AvgIpc) is 4.03. The summed E-state index contributed by atoms with van der Waals surface area (Å²) in [7, 11) is 0. The van der Waals surface area contributed by atoms with Crippen LogP contribution in [0.15, 0.2) is 300 Å². The molecule has 16 rings (SSSR count). The summed E-state index contributed by atoms with van der Waals surface area (Å²) in [4.78, 5) is 4.89. The van der Waals surface area contributed by atoms with Crippen molar-refractivity contribution in [2.45, 2.75) is 0 Å². The Balaban J connectivity index is 1.05. The van der Waals surface area contributed by atoms with E-state index in [-0.39, 0.29) is 0 Å². The molecule has 0 unspecified atom stereocenters. The topological polar surface area (TPSA) is 32.8 Å². The first kappa shape index (κ1) is 45.5. The zero-order valence-electron chi connectivity index (χ0n) is 43.4. The van der Waals surface area contributed by atoms with E-state index >= 15 is 0 Å². The van der Waals surface area contributed by atoms with Crippen LogP contribution in [0.3, 0.4) is 0 Å². The van der Waals surface area contributed by atoms with E-state index in [2.05, 4.69) is 301 Å². The van der Waals surface area contributed by atoms with Crippen LogP contribution in [0.1, 0.15) is 0 Å². The Labute approximate surface area is 462 Å². The lowest BCUT2D eigenvalue weighted by molar-refractivity contribution is 0.669. The lowest BCUT2D eigenvalue weighted by atomic mass is 9.85. The number of nitrogens with zero attached hydrogens (tertiary/aromatic N) is 2. The summed E-state index contributed by atoms with van der Waals surface area (Å²) in [6, 6.07) is 105. The summed E-state index contributed by atoms with van der Waals surface area (Å²) in [5.74, 6) is 0. The van der Waals surface area contributed by atoms with Crippen molar-refractivity contribution in [1.29, 1.82) is 0 Å². The highest BCUT2D eigenvalue weighted by Crippen LogP contribution is 2.54. The van der Waals surface area contributed by atoms with Gasteiger partial charge in [0, 0.05) is 54.5 Å². The van der Waals surface area contributed by atoms with E-state index in [4.69, 9.17) is 8.83 Å². The molecule has 2 aromatic heterocycles. The maximum absolute atomic E-state index is 6.98. The highest BCUT2D eigenvalue weighted by atomic mass is 16.3. The van der Waals surface area contributed by atoms with Gasteiger partial charge in [0.25, 0.3) is 0 Å². The van der Waals surface area contributed by atoms with E-state index in [9.17, 15) is 0 Å². The van der Waals surface area contributed by atoms with Crippen molar-refractivity contribution in [1.82, 2.24) is 0 Å². The van der Waals surface area contributed by atoms with Crippen molar-refractivity contribution in [2.24, 2.45) is 0 Å². The molecule has 0 aliphatic rings. The van der Waals surface area contributed by atoms with E-state index in [1.807, 2.05) is 0 Å². The first-order valence-corrected chi connectivity index (χ1v) is 27.3. The van der Waals surface area contributed by atoms with Gasteiger partial charge in [0.05, 0.1) is 22.7 Å². The lowest BCUT2D eigenvalue weighted by Crippen LogP contribution is -2.12. The quantitative estimate of drug-likeness (QED) is 0.128. The highest BCUT2D eigenvalue weighted by molar-refractivity contribution is 6.33. The van der Waals surface area contributed by atoms with Gasteiger partial charge in [-0.1, -0.05) is 231 Å². The molecule has 0 radical (unpaired) electrons. The smallest absolute Gasteiger partial charge is 0.159 e. The largest absolute Gasteiger partial charge is 0.454 e. The molecular weight excluding hydrogens is 973 g/mol. The zero-order chi connectivity index (χ0) is 52.7. The maximum Gasteiger partial charge on any atom is 0.159 e. The van der Waals surface area contributed by atoms with E-state index in [1.54, 1.807) is 0 Å². The molecule has 14 aromatic carbocycles. The summed E-state index contributed by atoms with van der Waals surface area (Å²) >= 11 is 0. The third kappa shape index (κ3) is 7.31. The van der Waals surface area contributed by atoms with Gasteiger partial charge >= 0.3 is 0 Å². The molecule has 374 valence electrons. The molecule has 0 saturated carbocycles. The summed E-state index contributed by atoms with van der Waals surface area (Å²) in [6.07, 6.45) is 0. The molecule has 0 spiro atoms. The minimum absolute atomic E-state index is 0.826. The number of benzene rings is 14. The third-order valence-electron chi connectivity index (χ3n) is 16.2. The van der Waals surface area contributed by atoms with Crippen molar-refractivity contribution in [3.63, 3.8) is 0 Å². The van der Waals surface area contributed by atoms with Gasteiger partial charge < -0.3 is 18.6 Å². The van der Waals surface area contributed by atoms with Gasteiger partial charge in [0.2, 0.25) is 0 Å². The van der Waals surface area contributed by atoms with Crippen LogP contribution < -0.4 is 9.80 Å². The van der Waals surface area contributed by atoms with Crippen LogP contribution in [-0.2, 0) is 0 Å². The normalized spacial score (nSPS) is 11.8. The van der Waals surface area contributed by atoms with Gasteiger partial charge in [0.15, 0.2) is 11.2 Å². The molecule has 0 aliphatic heterocycles. The molecule has 0 amide bonds. The third-order valence-corrected chi connectivity index (χ3v) is 16.2. The predicted octanol–water partition coefficient (Wildman–Crippen LogP) is 22.0. The van der Waals surface area contributed by atoms with E-state index in [0.29, 0.717) is 0 Å². The van der Waals surface area contributed by atoms with E-state index in [0.717, 1.165) is 133 Å². The van der Waals surface area contributed by atoms with Crippen molar-refractivity contribution >= 4 is 110 Å². The number of anilines is 6. The molecule has 80 heavy (non-hydrogen) atoms. The fraction of sp³-hybridized carbons (Fsp3) is 0. The van der Waals surface area contributed by atoms with Crippen molar-refractivity contribution in [3.05, 3.63) is 291 Å². The molecule has 0 N–H and O–H groups in total. The fourth-order valence-electron chi connectivity index (χ4n) is 12.6. The summed E-state index contributed by atoms with van der Waals surface area (Å²) in [5.41, 5.74) is 18.4. The van der Waals surface area contributed by atoms with Crippen LogP contribution in [0.2, 0.25) is 0 Å². The van der Waals surface area contributed by atoms with Gasteiger partial charge in [-0.15, -0.1) is 0 Å². The summed E-state index contributed by atoms with van der Waals surface area (Å²) < 4.78 is 14.0. The molecule has 16 aromatic rings. The second-order valence-electron chi connectivity index (χ2n) is 20.7. The zero-order valence-corrected chi connectivity index (χ0v) is 43.4. The number of furan rings is 2. The van der Waals surface area contributed by atoms with Gasteiger partial charge in [-0.2, -0.15) is 0 Å². The van der Waals surface area contributed by atoms with E-state index < -0.39 is 0 Å². The summed E-state index contributed by atoms with van der Waals surface area (Å²) in [6.45, 7) is 0. The molecular formula is C76H48N2O2. The van der Waals surface area contributed by atoms with Crippen molar-refractivity contribution in [2.75, 3.05) is 9.80 Å². The standard InChI is InChI=1S/C76H48N2O2/c1-5-21-49(22-6-1)53-29-17-31-55(45-53)77(67-37-19-35-61-57-33-13-15-39-71(57)79-75(61)67)69-47-65(51-25-9-3-10-26-51)59-42-44-64-70(48-66(52-27-11-4-12-28-52)60-41-43-63(69)73(59)74(60)64)78(56-32-18-30-54(46-56)50-23-7-2-8-24-50)68-38-20-36-62-58-34-14-16-40-72(58)80-76(62)68/h1-48H. The Morgan fingerprint density at radius 2 is 0.550 bits per heavy atom. The minimum Gasteiger partial charge on any atom is -0.454 e. The molecule has 4 nitrogen and oxygen atoms in total. The van der Waals surface area contributed by atoms with Crippen molar-refractivity contribution < 1.29 is 8.83 Å². The Kier molecular flexibility index (Phi) is 10.5. The molecule has 4 heteroatoms. The molecule has 0 atom stereocenters. The number of rotatable bonds is 10. The van der Waals surface area contributed by atoms with Gasteiger partial charge in [-0.25, -0.2) is 0 Å². The maximum atomic E-state index is 6.98. The Hall–Kier alpha value is -10.7. The number of hydrogen-bond donors (Lipinski definition) is 0. The van der Waals surface area contributed by atoms with Crippen LogP contribution in [0, 0.1) is 0 Å². The first-order chi connectivity index (χ1) is 39.7. The highest BCUT2D eigenvalue weighted by Gasteiger charge is 2.29. The second-order valence-corrected chi connectivity index (χ2v) is 20.7. The molecule has 0 aliphatic carbocycles. The molecule has 2 heterocycles. The van der Waals surface area contributed by atoms with Crippen LogP contribution in [-0.4, -0.2) is 0 Å². The Bertz CT molecular complexity index is 4690. The molecule has 0 saturated heterocycles. The van der Waals surface area contributed by atoms with Gasteiger partial charge in [-0.05, 0) is 116 Å². The Morgan fingerprint density at radius 3 is 0.975 bits per heavy atom. The lowest BCUT2D eigenvalue weighted by Gasteiger charge is -2.31. The second kappa shape index (κ2) is 18.5. The monoisotopic (exact) mass is 1020 g/mol. The van der Waals surface area contributed by atoms with Gasteiger partial charge in [-0.3, -0.25) is 0 Å². The van der Waals surface area contributed by atoms with Crippen LogP contribution in [0.25, 0.3) is 121 Å². The van der Waals surface area contributed by atoms with Crippen LogP contribution >= 0.6 is 0 Å². The predicted molar refractivity (Wildman–Crippen MR) is 336 cm³/mol. The SMILES string of the molecule is c1ccc(-c2cccc(N(c3cc(-c4ccccc4)c4ccc5c(N(c6cccc(-c7ccccc7)c6)c6cccc7c6oc6ccccc67)cc(-c6ccccc6)c6ccc3c4c65)c3cccc4c3oc3ccccc34)c2)cc1. The molecule has 0 bridgehead atoms. The minimum atomic E-state index is 0.826. The van der Waals surface area contributed by atoms with Crippen LogP contribution in [0.5, 0.6) is 0 Å².